The zero-order valence-electron chi connectivity index (χ0n) is 12.1. The summed E-state index contributed by atoms with van der Waals surface area (Å²) in [5.41, 5.74) is 2.07. The maximum atomic E-state index is 12.6. The minimum Gasteiger partial charge on any atom is -0.302 e. The number of piperidine rings is 1. The van der Waals surface area contributed by atoms with Gasteiger partial charge in [0.1, 0.15) is 0 Å². The standard InChI is InChI=1S/C16H20N2O2/c1-3-17-9-5-7-12(10-17)18-15(19)13-8-4-6-11(2)14(13)16(18)20/h4,6,8,12H,3,5,7,9-10H2,1-2H3. The van der Waals surface area contributed by atoms with Crippen molar-refractivity contribution >= 4 is 11.8 Å². The maximum Gasteiger partial charge on any atom is 0.262 e. The number of fused-ring (bicyclic) bond motifs is 1. The van der Waals surface area contributed by atoms with Gasteiger partial charge in [-0.25, -0.2) is 0 Å². The van der Waals surface area contributed by atoms with E-state index in [0.29, 0.717) is 11.1 Å². The van der Waals surface area contributed by atoms with E-state index < -0.39 is 0 Å². The molecule has 1 atom stereocenters. The van der Waals surface area contributed by atoms with Crippen molar-refractivity contribution in [3.63, 3.8) is 0 Å². The number of likely N-dealkylation sites (N-methyl/N-ethyl adjacent to an activating group) is 1. The van der Waals surface area contributed by atoms with Crippen LogP contribution < -0.4 is 0 Å². The summed E-state index contributed by atoms with van der Waals surface area (Å²) < 4.78 is 0. The van der Waals surface area contributed by atoms with Crippen molar-refractivity contribution in [3.8, 4) is 0 Å². The van der Waals surface area contributed by atoms with Gasteiger partial charge in [-0.05, 0) is 44.5 Å². The second-order valence-electron chi connectivity index (χ2n) is 5.67. The van der Waals surface area contributed by atoms with Crippen LogP contribution in [0.3, 0.4) is 0 Å². The number of carbonyl (C=O) groups excluding carboxylic acids is 2. The lowest BCUT2D eigenvalue weighted by Gasteiger charge is -2.36. The summed E-state index contributed by atoms with van der Waals surface area (Å²) in [6.45, 7) is 6.86. The smallest absolute Gasteiger partial charge is 0.262 e. The van der Waals surface area contributed by atoms with Gasteiger partial charge in [-0.3, -0.25) is 14.5 Å². The van der Waals surface area contributed by atoms with Gasteiger partial charge in [-0.15, -0.1) is 0 Å². The Morgan fingerprint density at radius 1 is 1.25 bits per heavy atom. The van der Waals surface area contributed by atoms with E-state index in [0.717, 1.165) is 38.0 Å². The van der Waals surface area contributed by atoms with E-state index in [9.17, 15) is 9.59 Å². The number of imide groups is 1. The fourth-order valence-electron chi connectivity index (χ4n) is 3.33. The highest BCUT2D eigenvalue weighted by Gasteiger charge is 2.41. The number of hydrogen-bond donors (Lipinski definition) is 0. The monoisotopic (exact) mass is 272 g/mol. The molecule has 2 heterocycles. The van der Waals surface area contributed by atoms with Gasteiger partial charge >= 0.3 is 0 Å². The highest BCUT2D eigenvalue weighted by Crippen LogP contribution is 2.29. The Labute approximate surface area is 119 Å². The van der Waals surface area contributed by atoms with E-state index in [2.05, 4.69) is 11.8 Å². The molecule has 1 fully saturated rings. The molecule has 0 N–H and O–H groups in total. The minimum absolute atomic E-state index is 0.0236. The Morgan fingerprint density at radius 3 is 2.75 bits per heavy atom. The fourth-order valence-corrected chi connectivity index (χ4v) is 3.33. The number of hydrogen-bond acceptors (Lipinski definition) is 3. The third-order valence-corrected chi connectivity index (χ3v) is 4.45. The lowest BCUT2D eigenvalue weighted by Crippen LogP contribution is -2.50. The quantitative estimate of drug-likeness (QED) is 0.774. The first kappa shape index (κ1) is 13.3. The van der Waals surface area contributed by atoms with Crippen molar-refractivity contribution < 1.29 is 9.59 Å². The third kappa shape index (κ3) is 1.95. The Morgan fingerprint density at radius 2 is 2.05 bits per heavy atom. The second-order valence-corrected chi connectivity index (χ2v) is 5.67. The van der Waals surface area contributed by atoms with E-state index in [1.807, 2.05) is 19.1 Å². The molecule has 106 valence electrons. The Kier molecular flexibility index (Phi) is 3.34. The molecule has 4 heteroatoms. The summed E-state index contributed by atoms with van der Waals surface area (Å²) in [7, 11) is 0. The molecule has 0 bridgehead atoms. The van der Waals surface area contributed by atoms with Crippen LogP contribution in [0.1, 0.15) is 46.0 Å². The number of benzene rings is 1. The van der Waals surface area contributed by atoms with Crippen LogP contribution in [0.4, 0.5) is 0 Å². The van der Waals surface area contributed by atoms with Crippen molar-refractivity contribution in [2.24, 2.45) is 0 Å². The van der Waals surface area contributed by atoms with Crippen molar-refractivity contribution in [2.75, 3.05) is 19.6 Å². The molecule has 1 unspecified atom stereocenters. The highest BCUT2D eigenvalue weighted by molar-refractivity contribution is 6.22. The molecule has 3 rings (SSSR count). The Balaban J connectivity index is 1.92. The van der Waals surface area contributed by atoms with Crippen molar-refractivity contribution in [3.05, 3.63) is 34.9 Å². The number of aryl methyl sites for hydroxylation is 1. The molecule has 1 aromatic rings. The molecule has 4 nitrogen and oxygen atoms in total. The molecule has 0 aromatic heterocycles. The van der Waals surface area contributed by atoms with Crippen LogP contribution in [0.25, 0.3) is 0 Å². The van der Waals surface area contributed by atoms with Crippen LogP contribution >= 0.6 is 0 Å². The van der Waals surface area contributed by atoms with Crippen LogP contribution in [0.2, 0.25) is 0 Å². The summed E-state index contributed by atoms with van der Waals surface area (Å²) in [5.74, 6) is -0.220. The Hall–Kier alpha value is -1.68. The zero-order chi connectivity index (χ0) is 14.3. The van der Waals surface area contributed by atoms with Crippen LogP contribution in [-0.4, -0.2) is 47.3 Å². The van der Waals surface area contributed by atoms with Gasteiger partial charge in [0.25, 0.3) is 11.8 Å². The van der Waals surface area contributed by atoms with Crippen molar-refractivity contribution in [1.29, 1.82) is 0 Å². The van der Waals surface area contributed by atoms with Crippen LogP contribution in [0, 0.1) is 6.92 Å². The summed E-state index contributed by atoms with van der Waals surface area (Å²) in [5, 5.41) is 0. The predicted molar refractivity (Wildman–Crippen MR) is 76.8 cm³/mol. The van der Waals surface area contributed by atoms with Crippen LogP contribution in [-0.2, 0) is 0 Å². The number of likely N-dealkylation sites (tertiary alicyclic amines) is 1. The lowest BCUT2D eigenvalue weighted by molar-refractivity contribution is 0.0486. The van der Waals surface area contributed by atoms with E-state index in [1.165, 1.54) is 4.90 Å². The molecule has 0 saturated carbocycles. The highest BCUT2D eigenvalue weighted by atomic mass is 16.2. The predicted octanol–water partition coefficient (Wildman–Crippen LogP) is 2.08. The van der Waals surface area contributed by atoms with Crippen LogP contribution in [0.5, 0.6) is 0 Å². The molecule has 2 aliphatic rings. The maximum absolute atomic E-state index is 12.6. The molecule has 0 radical (unpaired) electrons. The molecule has 20 heavy (non-hydrogen) atoms. The molecule has 0 spiro atoms. The van der Waals surface area contributed by atoms with Gasteiger partial charge in [-0.2, -0.15) is 0 Å². The summed E-state index contributed by atoms with van der Waals surface area (Å²) in [6.07, 6.45) is 1.96. The molecular formula is C16H20N2O2. The number of nitrogens with zero attached hydrogens (tertiary/aromatic N) is 2. The van der Waals surface area contributed by atoms with Gasteiger partial charge in [0.15, 0.2) is 0 Å². The van der Waals surface area contributed by atoms with E-state index in [-0.39, 0.29) is 17.9 Å². The summed E-state index contributed by atoms with van der Waals surface area (Å²) in [6, 6.07) is 5.54. The fraction of sp³-hybridized carbons (Fsp3) is 0.500. The first-order valence-electron chi connectivity index (χ1n) is 7.33. The van der Waals surface area contributed by atoms with Gasteiger partial charge in [0.2, 0.25) is 0 Å². The first-order chi connectivity index (χ1) is 9.63. The lowest BCUT2D eigenvalue weighted by atomic mass is 10.0. The molecular weight excluding hydrogens is 252 g/mol. The first-order valence-corrected chi connectivity index (χ1v) is 7.33. The van der Waals surface area contributed by atoms with Gasteiger partial charge in [0, 0.05) is 6.54 Å². The second kappa shape index (κ2) is 5.02. The number of rotatable bonds is 2. The molecule has 1 saturated heterocycles. The average molecular weight is 272 g/mol. The van der Waals surface area contributed by atoms with Gasteiger partial charge < -0.3 is 4.90 Å². The number of amides is 2. The topological polar surface area (TPSA) is 40.6 Å². The van der Waals surface area contributed by atoms with E-state index in [1.54, 1.807) is 6.07 Å². The Bertz CT molecular complexity index is 568. The third-order valence-electron chi connectivity index (χ3n) is 4.45. The molecule has 0 aliphatic carbocycles. The molecule has 2 aliphatic heterocycles. The van der Waals surface area contributed by atoms with E-state index in [4.69, 9.17) is 0 Å². The summed E-state index contributed by atoms with van der Waals surface area (Å²) in [4.78, 5) is 29.0. The van der Waals surface area contributed by atoms with E-state index >= 15 is 0 Å². The summed E-state index contributed by atoms with van der Waals surface area (Å²) >= 11 is 0. The van der Waals surface area contributed by atoms with Crippen LogP contribution in [0.15, 0.2) is 18.2 Å². The van der Waals surface area contributed by atoms with Gasteiger partial charge in [0.05, 0.1) is 17.2 Å². The van der Waals surface area contributed by atoms with Crippen molar-refractivity contribution in [2.45, 2.75) is 32.7 Å². The van der Waals surface area contributed by atoms with Gasteiger partial charge in [-0.1, -0.05) is 19.1 Å². The minimum atomic E-state index is -0.114. The van der Waals surface area contributed by atoms with Crippen molar-refractivity contribution in [1.82, 2.24) is 9.80 Å². The molecule has 1 aromatic carbocycles. The molecule has 2 amide bonds. The SMILES string of the molecule is CCN1CCCC(N2C(=O)c3cccc(C)c3C2=O)C1. The number of carbonyl (C=O) groups is 2. The zero-order valence-corrected chi connectivity index (χ0v) is 12.1. The largest absolute Gasteiger partial charge is 0.302 e. The average Bonchev–Trinajstić information content (AvgIpc) is 2.72. The normalized spacial score (nSPS) is 23.3.